The number of para-hydroxylation sites is 1. The van der Waals surface area contributed by atoms with Crippen molar-refractivity contribution in [2.24, 2.45) is 16.8 Å². The molecule has 2 unspecified atom stereocenters. The van der Waals surface area contributed by atoms with Crippen molar-refractivity contribution < 1.29 is 0 Å². The van der Waals surface area contributed by atoms with Crippen molar-refractivity contribution >= 4 is 11.6 Å². The Bertz CT molecular complexity index is 402. The van der Waals surface area contributed by atoms with Crippen molar-refractivity contribution in [2.45, 2.75) is 32.7 Å². The summed E-state index contributed by atoms with van der Waals surface area (Å²) in [7, 11) is 0. The molecule has 0 spiro atoms. The van der Waals surface area contributed by atoms with Gasteiger partial charge >= 0.3 is 0 Å². The van der Waals surface area contributed by atoms with Gasteiger partial charge in [-0.25, -0.2) is 10.8 Å². The molecule has 1 aliphatic heterocycles. The summed E-state index contributed by atoms with van der Waals surface area (Å²) in [6.45, 7) is 5.51. The number of benzene rings is 1. The van der Waals surface area contributed by atoms with Crippen LogP contribution in [0.4, 0.5) is 5.69 Å². The first-order chi connectivity index (χ1) is 8.70. The van der Waals surface area contributed by atoms with Gasteiger partial charge in [0, 0.05) is 12.6 Å². The summed E-state index contributed by atoms with van der Waals surface area (Å²) in [6.07, 6.45) is 2.47. The van der Waals surface area contributed by atoms with Gasteiger partial charge in [0.05, 0.1) is 5.69 Å². The van der Waals surface area contributed by atoms with Crippen LogP contribution in [0.15, 0.2) is 35.3 Å². The molecule has 1 fully saturated rings. The van der Waals surface area contributed by atoms with Crippen molar-refractivity contribution in [1.29, 1.82) is 0 Å². The van der Waals surface area contributed by atoms with Crippen LogP contribution in [0, 0.1) is 5.92 Å². The van der Waals surface area contributed by atoms with Gasteiger partial charge in [-0.1, -0.05) is 25.1 Å². The number of likely N-dealkylation sites (tertiary alicyclic amines) is 1. The largest absolute Gasteiger partial charge is 0.339 e. The van der Waals surface area contributed by atoms with E-state index in [2.05, 4.69) is 29.2 Å². The van der Waals surface area contributed by atoms with Gasteiger partial charge in [0.2, 0.25) is 5.96 Å². The Morgan fingerprint density at radius 2 is 2.00 bits per heavy atom. The number of nitrogens with zero attached hydrogens (tertiary/aromatic N) is 2. The Balaban J connectivity index is 2.19. The van der Waals surface area contributed by atoms with Crippen LogP contribution in [0.3, 0.4) is 0 Å². The zero-order chi connectivity index (χ0) is 13.0. The van der Waals surface area contributed by atoms with Crippen molar-refractivity contribution in [3.05, 3.63) is 30.3 Å². The molecule has 4 heteroatoms. The monoisotopic (exact) mass is 246 g/mol. The summed E-state index contributed by atoms with van der Waals surface area (Å²) in [5.41, 5.74) is 3.67. The fraction of sp³-hybridized carbons (Fsp3) is 0.500. The highest BCUT2D eigenvalue weighted by Crippen LogP contribution is 2.22. The van der Waals surface area contributed by atoms with E-state index in [4.69, 9.17) is 5.84 Å². The highest BCUT2D eigenvalue weighted by Gasteiger charge is 2.25. The minimum atomic E-state index is 0.486. The molecule has 0 radical (unpaired) electrons. The number of hydrogen-bond donors (Lipinski definition) is 2. The van der Waals surface area contributed by atoms with Gasteiger partial charge in [-0.05, 0) is 37.8 Å². The number of rotatable bonds is 1. The Morgan fingerprint density at radius 3 is 2.67 bits per heavy atom. The maximum absolute atomic E-state index is 5.64. The van der Waals surface area contributed by atoms with E-state index in [9.17, 15) is 0 Å². The molecular formula is C14H22N4. The molecule has 0 saturated carbocycles. The third-order valence-corrected chi connectivity index (χ3v) is 3.51. The van der Waals surface area contributed by atoms with Crippen LogP contribution in [-0.4, -0.2) is 23.4 Å². The quantitative estimate of drug-likeness (QED) is 0.346. The second kappa shape index (κ2) is 5.87. The van der Waals surface area contributed by atoms with E-state index in [0.29, 0.717) is 12.0 Å². The zero-order valence-corrected chi connectivity index (χ0v) is 11.1. The lowest BCUT2D eigenvalue weighted by Crippen LogP contribution is -2.52. The van der Waals surface area contributed by atoms with Crippen LogP contribution in [0.1, 0.15) is 26.7 Å². The summed E-state index contributed by atoms with van der Waals surface area (Å²) in [6, 6.07) is 10.4. The Morgan fingerprint density at radius 1 is 1.28 bits per heavy atom. The minimum Gasteiger partial charge on any atom is -0.339 e. The summed E-state index contributed by atoms with van der Waals surface area (Å²) in [5.74, 6) is 7.09. The molecule has 0 aromatic heterocycles. The van der Waals surface area contributed by atoms with Crippen molar-refractivity contribution in [1.82, 2.24) is 10.3 Å². The lowest BCUT2D eigenvalue weighted by atomic mass is 9.95. The molecule has 0 amide bonds. The second-order valence-corrected chi connectivity index (χ2v) is 5.10. The molecule has 1 saturated heterocycles. The molecular weight excluding hydrogens is 224 g/mol. The first kappa shape index (κ1) is 12.9. The molecule has 4 nitrogen and oxygen atoms in total. The minimum absolute atomic E-state index is 0.486. The van der Waals surface area contributed by atoms with E-state index in [-0.39, 0.29) is 0 Å². The highest BCUT2D eigenvalue weighted by molar-refractivity contribution is 5.82. The molecule has 1 aliphatic rings. The van der Waals surface area contributed by atoms with E-state index < -0.39 is 0 Å². The van der Waals surface area contributed by atoms with Gasteiger partial charge < -0.3 is 4.90 Å². The third kappa shape index (κ3) is 3.01. The smallest absolute Gasteiger partial charge is 0.213 e. The molecule has 0 bridgehead atoms. The van der Waals surface area contributed by atoms with Crippen LogP contribution in [-0.2, 0) is 0 Å². The maximum atomic E-state index is 5.64. The van der Waals surface area contributed by atoms with E-state index in [1.807, 2.05) is 30.3 Å². The lowest BCUT2D eigenvalue weighted by Gasteiger charge is -2.38. The third-order valence-electron chi connectivity index (χ3n) is 3.51. The van der Waals surface area contributed by atoms with Gasteiger partial charge in [0.25, 0.3) is 0 Å². The summed E-state index contributed by atoms with van der Waals surface area (Å²) in [4.78, 5) is 6.86. The topological polar surface area (TPSA) is 53.6 Å². The molecule has 2 atom stereocenters. The van der Waals surface area contributed by atoms with Gasteiger partial charge in [0.15, 0.2) is 0 Å². The average molecular weight is 246 g/mol. The van der Waals surface area contributed by atoms with E-state index in [1.165, 1.54) is 12.8 Å². The van der Waals surface area contributed by atoms with Crippen LogP contribution in [0.5, 0.6) is 0 Å². The molecule has 98 valence electrons. The SMILES string of the molecule is CC1CCC(C)N(C(=Nc2ccccc2)NN)C1. The van der Waals surface area contributed by atoms with Crippen LogP contribution in [0.25, 0.3) is 0 Å². The number of nitrogens with one attached hydrogen (secondary N) is 1. The van der Waals surface area contributed by atoms with E-state index in [1.54, 1.807) is 0 Å². The highest BCUT2D eigenvalue weighted by atomic mass is 15.4. The van der Waals surface area contributed by atoms with Crippen LogP contribution >= 0.6 is 0 Å². The van der Waals surface area contributed by atoms with Gasteiger partial charge in [0.1, 0.15) is 0 Å². The fourth-order valence-corrected chi connectivity index (χ4v) is 2.39. The summed E-state index contributed by atoms with van der Waals surface area (Å²) < 4.78 is 0. The van der Waals surface area contributed by atoms with Crippen molar-refractivity contribution in [3.63, 3.8) is 0 Å². The zero-order valence-electron chi connectivity index (χ0n) is 11.1. The van der Waals surface area contributed by atoms with Gasteiger partial charge in [-0.3, -0.25) is 5.43 Å². The first-order valence-electron chi connectivity index (χ1n) is 6.57. The summed E-state index contributed by atoms with van der Waals surface area (Å²) in [5, 5.41) is 0. The molecule has 18 heavy (non-hydrogen) atoms. The number of piperidine rings is 1. The second-order valence-electron chi connectivity index (χ2n) is 5.10. The summed E-state index contributed by atoms with van der Waals surface area (Å²) >= 11 is 0. The predicted octanol–water partition coefficient (Wildman–Crippen LogP) is 2.26. The standard InChI is InChI=1S/C14H22N4/c1-11-8-9-12(2)18(10-11)14(17-15)16-13-6-4-3-5-7-13/h3-7,11-12H,8-10,15H2,1-2H3,(H,16,17). The molecule has 3 N–H and O–H groups in total. The Labute approximate surface area is 109 Å². The molecule has 1 aromatic rings. The number of hydrogen-bond acceptors (Lipinski definition) is 2. The van der Waals surface area contributed by atoms with Crippen molar-refractivity contribution in [2.75, 3.05) is 6.54 Å². The molecule has 0 aliphatic carbocycles. The van der Waals surface area contributed by atoms with Gasteiger partial charge in [-0.2, -0.15) is 0 Å². The molecule has 1 heterocycles. The average Bonchev–Trinajstić information content (AvgIpc) is 2.40. The van der Waals surface area contributed by atoms with Crippen molar-refractivity contribution in [3.8, 4) is 0 Å². The number of hydrazine groups is 1. The van der Waals surface area contributed by atoms with E-state index >= 15 is 0 Å². The molecule has 2 rings (SSSR count). The Hall–Kier alpha value is -1.55. The predicted molar refractivity (Wildman–Crippen MR) is 75.4 cm³/mol. The fourth-order valence-electron chi connectivity index (χ4n) is 2.39. The Kier molecular flexibility index (Phi) is 4.20. The number of guanidine groups is 1. The number of aliphatic imine (C=N–C) groups is 1. The lowest BCUT2D eigenvalue weighted by molar-refractivity contribution is 0.201. The van der Waals surface area contributed by atoms with Crippen LogP contribution < -0.4 is 11.3 Å². The first-order valence-corrected chi connectivity index (χ1v) is 6.57. The maximum Gasteiger partial charge on any atom is 0.213 e. The van der Waals surface area contributed by atoms with Crippen LogP contribution in [0.2, 0.25) is 0 Å². The molecule has 1 aromatic carbocycles. The van der Waals surface area contributed by atoms with E-state index in [0.717, 1.165) is 18.2 Å². The normalized spacial score (nSPS) is 25.1. The number of nitrogens with two attached hydrogens (primary N) is 1. The van der Waals surface area contributed by atoms with Gasteiger partial charge in [-0.15, -0.1) is 0 Å².